The summed E-state index contributed by atoms with van der Waals surface area (Å²) in [6.45, 7) is 6.87. The molecule has 2 fully saturated rings. The van der Waals surface area contributed by atoms with Crippen LogP contribution in [-0.4, -0.2) is 36.4 Å². The summed E-state index contributed by atoms with van der Waals surface area (Å²) < 4.78 is 11.6. The van der Waals surface area contributed by atoms with Gasteiger partial charge in [-0.25, -0.2) is 4.98 Å². The Labute approximate surface area is 124 Å². The first-order chi connectivity index (χ1) is 9.67. The zero-order chi connectivity index (χ0) is 14.0. The maximum absolute atomic E-state index is 6.10. The highest BCUT2D eigenvalue weighted by atomic mass is 32.1. The molecule has 1 aromatic rings. The average Bonchev–Trinajstić information content (AvgIpc) is 2.86. The second-order valence-corrected chi connectivity index (χ2v) is 7.30. The van der Waals surface area contributed by atoms with E-state index in [1.165, 1.54) is 9.88 Å². The van der Waals surface area contributed by atoms with Crippen molar-refractivity contribution in [1.29, 1.82) is 0 Å². The number of ether oxygens (including phenoxy) is 2. The Balaban J connectivity index is 1.59. The zero-order valence-corrected chi connectivity index (χ0v) is 13.2. The summed E-state index contributed by atoms with van der Waals surface area (Å²) in [5.74, 6) is 0. The quantitative estimate of drug-likeness (QED) is 0.931. The molecule has 0 aliphatic carbocycles. The summed E-state index contributed by atoms with van der Waals surface area (Å²) in [5.41, 5.74) is 0.0622. The van der Waals surface area contributed by atoms with Gasteiger partial charge in [-0.1, -0.05) is 0 Å². The maximum Gasteiger partial charge on any atom is 0.109 e. The molecular weight excluding hydrogens is 272 g/mol. The summed E-state index contributed by atoms with van der Waals surface area (Å²) in [7, 11) is 0. The first-order valence-electron chi connectivity index (χ1n) is 7.57. The number of aromatic nitrogens is 1. The van der Waals surface area contributed by atoms with E-state index in [4.69, 9.17) is 9.47 Å². The van der Waals surface area contributed by atoms with Gasteiger partial charge in [-0.3, -0.25) is 0 Å². The Kier molecular flexibility index (Phi) is 4.40. The minimum absolute atomic E-state index is 0.0622. The molecule has 20 heavy (non-hydrogen) atoms. The van der Waals surface area contributed by atoms with Crippen LogP contribution in [0.3, 0.4) is 0 Å². The molecule has 0 bridgehead atoms. The molecule has 2 saturated heterocycles. The van der Waals surface area contributed by atoms with E-state index in [0.717, 1.165) is 45.5 Å². The molecular formula is C15H24N2O2S. The number of nitrogens with one attached hydrogen (secondary N) is 1. The van der Waals surface area contributed by atoms with Crippen LogP contribution in [0.15, 0.2) is 6.20 Å². The van der Waals surface area contributed by atoms with Gasteiger partial charge in [0.2, 0.25) is 0 Å². The number of rotatable bonds is 3. The van der Waals surface area contributed by atoms with Gasteiger partial charge in [0.15, 0.2) is 0 Å². The molecule has 2 aliphatic heterocycles. The predicted octanol–water partition coefficient (Wildman–Crippen LogP) is 2.83. The molecule has 5 heteroatoms. The lowest BCUT2D eigenvalue weighted by Gasteiger charge is -2.44. The predicted molar refractivity (Wildman–Crippen MR) is 80.2 cm³/mol. The van der Waals surface area contributed by atoms with Crippen LogP contribution in [0.4, 0.5) is 0 Å². The molecule has 2 atom stereocenters. The highest BCUT2D eigenvalue weighted by Gasteiger charge is 2.39. The van der Waals surface area contributed by atoms with Gasteiger partial charge >= 0.3 is 0 Å². The van der Waals surface area contributed by atoms with Gasteiger partial charge in [0.1, 0.15) is 5.01 Å². The lowest BCUT2D eigenvalue weighted by molar-refractivity contribution is -0.140. The van der Waals surface area contributed by atoms with E-state index in [0.29, 0.717) is 12.1 Å². The van der Waals surface area contributed by atoms with Crippen molar-refractivity contribution in [1.82, 2.24) is 10.3 Å². The van der Waals surface area contributed by atoms with E-state index >= 15 is 0 Å². The van der Waals surface area contributed by atoms with E-state index in [1.807, 2.05) is 6.20 Å². The standard InChI is InChI=1S/C15H24N2O2S/c1-11-10-16-14(20-11)12(2)17-13-3-6-19-15(9-13)4-7-18-8-5-15/h10,12-13,17H,3-9H2,1-2H3. The van der Waals surface area contributed by atoms with E-state index in [2.05, 4.69) is 24.1 Å². The second-order valence-electron chi connectivity index (χ2n) is 6.03. The SMILES string of the molecule is Cc1cnc(C(C)NC2CCOC3(CCOCC3)C2)s1. The molecule has 1 spiro atoms. The van der Waals surface area contributed by atoms with Crippen LogP contribution in [-0.2, 0) is 9.47 Å². The lowest BCUT2D eigenvalue weighted by atomic mass is 9.84. The zero-order valence-electron chi connectivity index (χ0n) is 12.4. The monoisotopic (exact) mass is 296 g/mol. The van der Waals surface area contributed by atoms with Gasteiger partial charge in [0.05, 0.1) is 11.6 Å². The normalized spacial score (nSPS) is 27.6. The van der Waals surface area contributed by atoms with Crippen molar-refractivity contribution in [2.75, 3.05) is 19.8 Å². The van der Waals surface area contributed by atoms with Gasteiger partial charge in [-0.05, 0) is 39.5 Å². The molecule has 1 N–H and O–H groups in total. The van der Waals surface area contributed by atoms with Crippen molar-refractivity contribution in [3.8, 4) is 0 Å². The molecule has 2 aliphatic rings. The molecule has 1 aromatic heterocycles. The smallest absolute Gasteiger partial charge is 0.109 e. The van der Waals surface area contributed by atoms with E-state index < -0.39 is 0 Å². The highest BCUT2D eigenvalue weighted by molar-refractivity contribution is 7.11. The van der Waals surface area contributed by atoms with E-state index in [1.54, 1.807) is 11.3 Å². The molecule has 3 rings (SSSR count). The number of thiazole rings is 1. The summed E-state index contributed by atoms with van der Waals surface area (Å²) in [5, 5.41) is 4.94. The van der Waals surface area contributed by atoms with Gasteiger partial charge in [0, 0.05) is 36.9 Å². The average molecular weight is 296 g/mol. The second kappa shape index (κ2) is 6.10. The highest BCUT2D eigenvalue weighted by Crippen LogP contribution is 2.35. The van der Waals surface area contributed by atoms with Gasteiger partial charge < -0.3 is 14.8 Å². The number of aryl methyl sites for hydroxylation is 1. The summed E-state index contributed by atoms with van der Waals surface area (Å²) in [4.78, 5) is 5.77. The van der Waals surface area contributed by atoms with Crippen LogP contribution < -0.4 is 5.32 Å². The van der Waals surface area contributed by atoms with E-state index in [-0.39, 0.29) is 5.60 Å². The van der Waals surface area contributed by atoms with Gasteiger partial charge in [-0.2, -0.15) is 0 Å². The Morgan fingerprint density at radius 3 is 2.90 bits per heavy atom. The minimum atomic E-state index is 0.0622. The van der Waals surface area contributed by atoms with Crippen molar-refractivity contribution in [2.45, 2.75) is 57.2 Å². The van der Waals surface area contributed by atoms with Crippen molar-refractivity contribution < 1.29 is 9.47 Å². The number of hydrogen-bond acceptors (Lipinski definition) is 5. The largest absolute Gasteiger partial charge is 0.381 e. The van der Waals surface area contributed by atoms with Crippen LogP contribution in [0.1, 0.15) is 48.5 Å². The Morgan fingerprint density at radius 1 is 1.40 bits per heavy atom. The first kappa shape index (κ1) is 14.4. The fourth-order valence-electron chi connectivity index (χ4n) is 3.26. The fraction of sp³-hybridized carbons (Fsp3) is 0.800. The van der Waals surface area contributed by atoms with Crippen molar-refractivity contribution in [2.24, 2.45) is 0 Å². The maximum atomic E-state index is 6.10. The van der Waals surface area contributed by atoms with Gasteiger partial charge in [0.25, 0.3) is 0 Å². The van der Waals surface area contributed by atoms with Crippen LogP contribution in [0.5, 0.6) is 0 Å². The third kappa shape index (κ3) is 3.22. The topological polar surface area (TPSA) is 43.4 Å². The summed E-state index contributed by atoms with van der Waals surface area (Å²) >= 11 is 1.79. The van der Waals surface area contributed by atoms with Crippen molar-refractivity contribution >= 4 is 11.3 Å². The molecule has 0 saturated carbocycles. The Bertz CT molecular complexity index is 437. The fourth-order valence-corrected chi connectivity index (χ4v) is 4.04. The Morgan fingerprint density at radius 2 is 2.20 bits per heavy atom. The summed E-state index contributed by atoms with van der Waals surface area (Å²) in [6, 6.07) is 0.856. The third-order valence-electron chi connectivity index (χ3n) is 4.39. The van der Waals surface area contributed by atoms with E-state index in [9.17, 15) is 0 Å². The molecule has 4 nitrogen and oxygen atoms in total. The molecule has 112 valence electrons. The van der Waals surface area contributed by atoms with Crippen LogP contribution >= 0.6 is 11.3 Å². The van der Waals surface area contributed by atoms with Crippen molar-refractivity contribution in [3.05, 3.63) is 16.1 Å². The molecule has 2 unspecified atom stereocenters. The summed E-state index contributed by atoms with van der Waals surface area (Å²) in [6.07, 6.45) is 6.23. The first-order valence-corrected chi connectivity index (χ1v) is 8.39. The minimum Gasteiger partial charge on any atom is -0.381 e. The van der Waals surface area contributed by atoms with Gasteiger partial charge in [-0.15, -0.1) is 11.3 Å². The molecule has 0 aromatic carbocycles. The number of hydrogen-bond donors (Lipinski definition) is 1. The lowest BCUT2D eigenvalue weighted by Crippen LogP contribution is -2.50. The van der Waals surface area contributed by atoms with Crippen LogP contribution in [0.2, 0.25) is 0 Å². The Hall–Kier alpha value is -0.490. The molecule has 0 amide bonds. The number of nitrogens with zero attached hydrogens (tertiary/aromatic N) is 1. The molecule has 3 heterocycles. The van der Waals surface area contributed by atoms with Crippen LogP contribution in [0, 0.1) is 6.92 Å². The third-order valence-corrected chi connectivity index (χ3v) is 5.49. The van der Waals surface area contributed by atoms with Crippen LogP contribution in [0.25, 0.3) is 0 Å². The molecule has 0 radical (unpaired) electrons. The van der Waals surface area contributed by atoms with Crippen molar-refractivity contribution in [3.63, 3.8) is 0 Å².